The molecule has 1 rings (SSSR count). The highest BCUT2D eigenvalue weighted by Gasteiger charge is 2.12. The van der Waals surface area contributed by atoms with Gasteiger partial charge in [0.15, 0.2) is 11.5 Å². The first-order valence-corrected chi connectivity index (χ1v) is 5.84. The van der Waals surface area contributed by atoms with E-state index >= 15 is 0 Å². The number of hydrogen-bond acceptors (Lipinski definition) is 3. The summed E-state index contributed by atoms with van der Waals surface area (Å²) < 4.78 is 4.57. The largest absolute Gasteiger partial charge is 0.511 e. The summed E-state index contributed by atoms with van der Waals surface area (Å²) in [4.78, 5) is 10.5. The number of phenolic OH excluding ortho intramolecular Hbond substituents is 1. The Kier molecular flexibility index (Phi) is 4.82. The molecule has 17 heavy (non-hydrogen) atoms. The minimum absolute atomic E-state index is 0.0305. The van der Waals surface area contributed by atoms with Gasteiger partial charge in [0.05, 0.1) is 0 Å². The fraction of sp³-hybridized carbons (Fsp3) is 0.462. The monoisotopic (exact) mass is 238 g/mol. The average Bonchev–Trinajstić information content (AvgIpc) is 2.29. The van der Waals surface area contributed by atoms with Gasteiger partial charge in [0.1, 0.15) is 0 Å². The predicted octanol–water partition coefficient (Wildman–Crippen LogP) is 3.35. The number of benzene rings is 1. The third-order valence-electron chi connectivity index (χ3n) is 2.61. The average molecular weight is 238 g/mol. The molecule has 0 aromatic heterocycles. The van der Waals surface area contributed by atoms with E-state index in [1.807, 2.05) is 13.0 Å². The Morgan fingerprint density at radius 3 is 2.59 bits per heavy atom. The van der Waals surface area contributed by atoms with Crippen molar-refractivity contribution in [2.24, 2.45) is 0 Å². The number of phenols is 1. The van der Waals surface area contributed by atoms with Crippen molar-refractivity contribution < 1.29 is 19.7 Å². The maximum absolute atomic E-state index is 10.5. The second-order valence-corrected chi connectivity index (χ2v) is 3.93. The van der Waals surface area contributed by atoms with Crippen LogP contribution in [-0.2, 0) is 12.8 Å². The van der Waals surface area contributed by atoms with Gasteiger partial charge in [0, 0.05) is 0 Å². The molecule has 0 aliphatic carbocycles. The Balaban J connectivity index is 3.04. The van der Waals surface area contributed by atoms with Crippen molar-refractivity contribution in [2.75, 3.05) is 0 Å². The fourth-order valence-electron chi connectivity index (χ4n) is 1.70. The van der Waals surface area contributed by atoms with Gasteiger partial charge in [0.25, 0.3) is 0 Å². The molecular formula is C13H18O4. The van der Waals surface area contributed by atoms with E-state index in [1.165, 1.54) is 0 Å². The van der Waals surface area contributed by atoms with E-state index in [9.17, 15) is 9.90 Å². The van der Waals surface area contributed by atoms with Crippen LogP contribution in [0.3, 0.4) is 0 Å². The van der Waals surface area contributed by atoms with Gasteiger partial charge in [-0.2, -0.15) is 0 Å². The molecule has 0 atom stereocenters. The van der Waals surface area contributed by atoms with E-state index in [-0.39, 0.29) is 11.5 Å². The second kappa shape index (κ2) is 6.13. The zero-order valence-corrected chi connectivity index (χ0v) is 10.2. The molecular weight excluding hydrogens is 220 g/mol. The smallest absolute Gasteiger partial charge is 0.504 e. The maximum atomic E-state index is 10.5. The van der Waals surface area contributed by atoms with Crippen molar-refractivity contribution in [3.63, 3.8) is 0 Å². The Morgan fingerprint density at radius 1 is 1.35 bits per heavy atom. The van der Waals surface area contributed by atoms with Gasteiger partial charge in [-0.3, -0.25) is 0 Å². The quantitative estimate of drug-likeness (QED) is 0.609. The first kappa shape index (κ1) is 13.4. The van der Waals surface area contributed by atoms with Crippen LogP contribution in [0.25, 0.3) is 0 Å². The zero-order chi connectivity index (χ0) is 12.8. The molecule has 4 nitrogen and oxygen atoms in total. The maximum Gasteiger partial charge on any atom is 0.511 e. The Hall–Kier alpha value is -1.71. The Morgan fingerprint density at radius 2 is 2.06 bits per heavy atom. The van der Waals surface area contributed by atoms with E-state index in [0.717, 1.165) is 30.4 Å². The number of carboxylic acid groups (broad SMARTS) is 1. The molecule has 4 heteroatoms. The van der Waals surface area contributed by atoms with Crippen LogP contribution in [0, 0.1) is 0 Å². The lowest BCUT2D eigenvalue weighted by atomic mass is 10.0. The normalized spacial score (nSPS) is 10.2. The topological polar surface area (TPSA) is 66.8 Å². The zero-order valence-electron chi connectivity index (χ0n) is 10.2. The number of carbonyl (C=O) groups is 1. The van der Waals surface area contributed by atoms with Crippen LogP contribution in [0.5, 0.6) is 11.5 Å². The molecule has 0 spiro atoms. The van der Waals surface area contributed by atoms with Gasteiger partial charge in [-0.25, -0.2) is 4.79 Å². The lowest BCUT2D eigenvalue weighted by Crippen LogP contribution is -2.04. The van der Waals surface area contributed by atoms with Gasteiger partial charge < -0.3 is 14.9 Å². The van der Waals surface area contributed by atoms with Gasteiger partial charge >= 0.3 is 6.16 Å². The van der Waals surface area contributed by atoms with E-state index in [4.69, 9.17) is 5.11 Å². The van der Waals surface area contributed by atoms with Crippen LogP contribution in [0.1, 0.15) is 37.8 Å². The molecule has 0 aliphatic rings. The van der Waals surface area contributed by atoms with Crippen molar-refractivity contribution in [2.45, 2.75) is 39.5 Å². The predicted molar refractivity (Wildman–Crippen MR) is 64.7 cm³/mol. The number of aryl methyl sites for hydroxylation is 2. The van der Waals surface area contributed by atoms with Gasteiger partial charge in [-0.05, 0) is 36.5 Å². The van der Waals surface area contributed by atoms with E-state index in [2.05, 4.69) is 11.7 Å². The molecule has 0 radical (unpaired) electrons. The Bertz CT molecular complexity index is 399. The molecule has 0 saturated carbocycles. The SMILES string of the molecule is CCCCc1cc(CC)c(O)c(OC(=O)O)c1. The number of ether oxygens (including phenoxy) is 1. The third-order valence-corrected chi connectivity index (χ3v) is 2.61. The van der Waals surface area contributed by atoms with Crippen molar-refractivity contribution in [1.82, 2.24) is 0 Å². The summed E-state index contributed by atoms with van der Waals surface area (Å²) in [5, 5.41) is 18.4. The molecule has 0 heterocycles. The summed E-state index contributed by atoms with van der Waals surface area (Å²) in [6.07, 6.45) is 2.19. The highest BCUT2D eigenvalue weighted by Crippen LogP contribution is 2.32. The molecule has 1 aromatic rings. The minimum atomic E-state index is -1.41. The third kappa shape index (κ3) is 3.66. The summed E-state index contributed by atoms with van der Waals surface area (Å²) >= 11 is 0. The molecule has 2 N–H and O–H groups in total. The summed E-state index contributed by atoms with van der Waals surface area (Å²) in [6.45, 7) is 4.00. The number of aromatic hydroxyl groups is 1. The Labute approximate surface area is 101 Å². The number of rotatable bonds is 5. The lowest BCUT2D eigenvalue weighted by Gasteiger charge is -2.10. The van der Waals surface area contributed by atoms with Crippen molar-refractivity contribution in [3.8, 4) is 11.5 Å². The first-order valence-electron chi connectivity index (χ1n) is 5.84. The van der Waals surface area contributed by atoms with Crippen molar-refractivity contribution >= 4 is 6.16 Å². The van der Waals surface area contributed by atoms with E-state index in [0.29, 0.717) is 6.42 Å². The van der Waals surface area contributed by atoms with Crippen LogP contribution >= 0.6 is 0 Å². The number of unbranched alkanes of at least 4 members (excludes halogenated alkanes) is 1. The molecule has 0 fully saturated rings. The second-order valence-electron chi connectivity index (χ2n) is 3.93. The van der Waals surface area contributed by atoms with Crippen LogP contribution in [0.2, 0.25) is 0 Å². The van der Waals surface area contributed by atoms with Gasteiger partial charge in [0.2, 0.25) is 0 Å². The van der Waals surface area contributed by atoms with E-state index < -0.39 is 6.16 Å². The minimum Gasteiger partial charge on any atom is -0.504 e. The molecule has 0 aliphatic heterocycles. The fourth-order valence-corrected chi connectivity index (χ4v) is 1.70. The first-order chi connectivity index (χ1) is 8.08. The summed E-state index contributed by atoms with van der Waals surface area (Å²) in [5.74, 6) is -0.0434. The summed E-state index contributed by atoms with van der Waals surface area (Å²) in [5.41, 5.74) is 1.72. The molecule has 0 bridgehead atoms. The van der Waals surface area contributed by atoms with Crippen molar-refractivity contribution in [1.29, 1.82) is 0 Å². The van der Waals surface area contributed by atoms with Gasteiger partial charge in [-0.1, -0.05) is 26.3 Å². The molecule has 0 amide bonds. The van der Waals surface area contributed by atoms with Crippen LogP contribution in [-0.4, -0.2) is 16.4 Å². The highest BCUT2D eigenvalue weighted by atomic mass is 16.7. The lowest BCUT2D eigenvalue weighted by molar-refractivity contribution is 0.142. The molecule has 94 valence electrons. The highest BCUT2D eigenvalue weighted by molar-refractivity contribution is 5.64. The van der Waals surface area contributed by atoms with Crippen molar-refractivity contribution in [3.05, 3.63) is 23.3 Å². The number of hydrogen-bond donors (Lipinski definition) is 2. The summed E-state index contributed by atoms with van der Waals surface area (Å²) in [6, 6.07) is 3.50. The standard InChI is InChI=1S/C13H18O4/c1-3-5-6-9-7-10(4-2)12(14)11(8-9)17-13(15)16/h7-8,14H,3-6H2,1-2H3,(H,15,16). The van der Waals surface area contributed by atoms with Crippen LogP contribution in [0.4, 0.5) is 4.79 Å². The van der Waals surface area contributed by atoms with Gasteiger partial charge in [-0.15, -0.1) is 0 Å². The van der Waals surface area contributed by atoms with E-state index in [1.54, 1.807) is 6.07 Å². The molecule has 0 saturated heterocycles. The van der Waals surface area contributed by atoms with Crippen LogP contribution in [0.15, 0.2) is 12.1 Å². The summed E-state index contributed by atoms with van der Waals surface area (Å²) in [7, 11) is 0. The molecule has 0 unspecified atom stereocenters. The van der Waals surface area contributed by atoms with Crippen LogP contribution < -0.4 is 4.74 Å². The molecule has 1 aromatic carbocycles.